The fourth-order valence-corrected chi connectivity index (χ4v) is 2.16. The summed E-state index contributed by atoms with van der Waals surface area (Å²) in [6.45, 7) is 0.0711. The molecule has 2 rings (SSSR count). The van der Waals surface area contributed by atoms with Crippen LogP contribution in [0.25, 0.3) is 0 Å². The highest BCUT2D eigenvalue weighted by Crippen LogP contribution is 2.36. The predicted molar refractivity (Wildman–Crippen MR) is 84.6 cm³/mol. The Labute approximate surface area is 140 Å². The normalized spacial score (nSPS) is 11.2. The number of para-hydroxylation sites is 1. The van der Waals surface area contributed by atoms with E-state index in [0.717, 1.165) is 12.1 Å². The van der Waals surface area contributed by atoms with Gasteiger partial charge in [0.1, 0.15) is 5.82 Å². The van der Waals surface area contributed by atoms with E-state index < -0.39 is 23.5 Å². The SMILES string of the molecule is O=C(CCNc1ccccc1F)Nc1ccc(Cl)cc1C(F)(F)F. The lowest BCUT2D eigenvalue weighted by atomic mass is 10.1. The fourth-order valence-electron chi connectivity index (χ4n) is 1.99. The monoisotopic (exact) mass is 360 g/mol. The van der Waals surface area contributed by atoms with Gasteiger partial charge in [0, 0.05) is 18.0 Å². The van der Waals surface area contributed by atoms with Crippen molar-refractivity contribution in [3.8, 4) is 0 Å². The summed E-state index contributed by atoms with van der Waals surface area (Å²) < 4.78 is 52.2. The molecule has 2 N–H and O–H groups in total. The minimum Gasteiger partial charge on any atom is -0.382 e. The van der Waals surface area contributed by atoms with Crippen LogP contribution in [0.1, 0.15) is 12.0 Å². The minimum absolute atomic E-state index is 0.0711. The Hall–Kier alpha value is -2.28. The van der Waals surface area contributed by atoms with Gasteiger partial charge in [0.2, 0.25) is 5.91 Å². The summed E-state index contributed by atoms with van der Waals surface area (Å²) in [6, 6.07) is 8.98. The number of nitrogens with one attached hydrogen (secondary N) is 2. The van der Waals surface area contributed by atoms with Gasteiger partial charge in [-0.15, -0.1) is 0 Å². The van der Waals surface area contributed by atoms with Crippen molar-refractivity contribution in [2.45, 2.75) is 12.6 Å². The number of rotatable bonds is 5. The molecule has 1 amide bonds. The maximum Gasteiger partial charge on any atom is 0.418 e. The zero-order chi connectivity index (χ0) is 17.7. The number of alkyl halides is 3. The fraction of sp³-hybridized carbons (Fsp3) is 0.188. The largest absolute Gasteiger partial charge is 0.418 e. The van der Waals surface area contributed by atoms with Crippen LogP contribution in [0.3, 0.4) is 0 Å². The number of hydrogen-bond donors (Lipinski definition) is 2. The molecule has 0 aromatic heterocycles. The first kappa shape index (κ1) is 18.1. The highest BCUT2D eigenvalue weighted by Gasteiger charge is 2.34. The van der Waals surface area contributed by atoms with Gasteiger partial charge in [-0.25, -0.2) is 4.39 Å². The standard InChI is InChI=1S/C16H13ClF4N2O/c17-10-5-6-13(11(9-10)16(19,20)21)23-15(24)7-8-22-14-4-2-1-3-12(14)18/h1-6,9,22H,7-8H2,(H,23,24). The van der Waals surface area contributed by atoms with E-state index in [0.29, 0.717) is 0 Å². The van der Waals surface area contributed by atoms with Crippen molar-refractivity contribution in [2.24, 2.45) is 0 Å². The Morgan fingerprint density at radius 3 is 2.46 bits per heavy atom. The number of anilines is 2. The number of carbonyl (C=O) groups excluding carboxylic acids is 1. The van der Waals surface area contributed by atoms with Crippen LogP contribution in [-0.4, -0.2) is 12.5 Å². The maximum atomic E-state index is 13.4. The van der Waals surface area contributed by atoms with Crippen LogP contribution in [-0.2, 0) is 11.0 Å². The Balaban J connectivity index is 1.97. The zero-order valence-corrected chi connectivity index (χ0v) is 13.0. The van der Waals surface area contributed by atoms with Gasteiger partial charge < -0.3 is 10.6 Å². The van der Waals surface area contributed by atoms with E-state index in [9.17, 15) is 22.4 Å². The molecule has 0 fully saturated rings. The third-order valence-corrected chi connectivity index (χ3v) is 3.34. The molecule has 0 heterocycles. The van der Waals surface area contributed by atoms with E-state index in [-0.39, 0.29) is 29.4 Å². The predicted octanol–water partition coefficient (Wildman–Crippen LogP) is 4.94. The van der Waals surface area contributed by atoms with E-state index in [1.54, 1.807) is 6.07 Å². The lowest BCUT2D eigenvalue weighted by Gasteiger charge is -2.14. The Morgan fingerprint density at radius 1 is 1.08 bits per heavy atom. The molecule has 0 aliphatic rings. The first-order chi connectivity index (χ1) is 11.3. The maximum absolute atomic E-state index is 13.4. The molecule has 2 aromatic rings. The quantitative estimate of drug-likeness (QED) is 0.742. The van der Waals surface area contributed by atoms with E-state index in [1.807, 2.05) is 0 Å². The summed E-state index contributed by atoms with van der Waals surface area (Å²) in [6.07, 6.45) is -4.77. The summed E-state index contributed by atoms with van der Waals surface area (Å²) in [5, 5.41) is 4.82. The molecule has 0 atom stereocenters. The minimum atomic E-state index is -4.64. The second kappa shape index (κ2) is 7.53. The van der Waals surface area contributed by atoms with Crippen LogP contribution in [0, 0.1) is 5.82 Å². The molecule has 0 spiro atoms. The Kier molecular flexibility index (Phi) is 5.66. The third kappa shape index (κ3) is 4.86. The molecule has 128 valence electrons. The Bertz CT molecular complexity index is 734. The average molecular weight is 361 g/mol. The van der Waals surface area contributed by atoms with E-state index in [1.165, 1.54) is 24.3 Å². The lowest BCUT2D eigenvalue weighted by Crippen LogP contribution is -2.19. The van der Waals surface area contributed by atoms with Gasteiger partial charge in [-0.3, -0.25) is 4.79 Å². The second-order valence-corrected chi connectivity index (χ2v) is 5.33. The smallest absolute Gasteiger partial charge is 0.382 e. The van der Waals surface area contributed by atoms with E-state index in [4.69, 9.17) is 11.6 Å². The van der Waals surface area contributed by atoms with Crippen molar-refractivity contribution < 1.29 is 22.4 Å². The van der Waals surface area contributed by atoms with Gasteiger partial charge in [0.05, 0.1) is 16.9 Å². The molecule has 8 heteroatoms. The second-order valence-electron chi connectivity index (χ2n) is 4.89. The lowest BCUT2D eigenvalue weighted by molar-refractivity contribution is -0.137. The summed E-state index contributed by atoms with van der Waals surface area (Å²) in [4.78, 5) is 11.8. The topological polar surface area (TPSA) is 41.1 Å². The zero-order valence-electron chi connectivity index (χ0n) is 12.3. The molecule has 24 heavy (non-hydrogen) atoms. The van der Waals surface area contributed by atoms with Crippen LogP contribution in [0.4, 0.5) is 28.9 Å². The van der Waals surface area contributed by atoms with Crippen LogP contribution in [0.15, 0.2) is 42.5 Å². The molecular formula is C16H13ClF4N2O. The van der Waals surface area contributed by atoms with Crippen LogP contribution in [0.2, 0.25) is 5.02 Å². The molecule has 3 nitrogen and oxygen atoms in total. The third-order valence-electron chi connectivity index (χ3n) is 3.10. The molecule has 0 radical (unpaired) electrons. The van der Waals surface area contributed by atoms with Gasteiger partial charge in [-0.2, -0.15) is 13.2 Å². The van der Waals surface area contributed by atoms with Crippen LogP contribution in [0.5, 0.6) is 0 Å². The van der Waals surface area contributed by atoms with Gasteiger partial charge in [0.25, 0.3) is 0 Å². The van der Waals surface area contributed by atoms with Crippen LogP contribution < -0.4 is 10.6 Å². The Morgan fingerprint density at radius 2 is 1.79 bits per heavy atom. The first-order valence-corrected chi connectivity index (χ1v) is 7.30. The van der Waals surface area contributed by atoms with Gasteiger partial charge >= 0.3 is 6.18 Å². The molecular weight excluding hydrogens is 348 g/mol. The summed E-state index contributed by atoms with van der Waals surface area (Å²) in [7, 11) is 0. The van der Waals surface area contributed by atoms with Gasteiger partial charge in [-0.05, 0) is 30.3 Å². The molecule has 2 aromatic carbocycles. The summed E-state index contributed by atoms with van der Waals surface area (Å²) >= 11 is 5.57. The van der Waals surface area contributed by atoms with Crippen molar-refractivity contribution in [1.82, 2.24) is 0 Å². The van der Waals surface area contributed by atoms with E-state index >= 15 is 0 Å². The van der Waals surface area contributed by atoms with Crippen molar-refractivity contribution in [1.29, 1.82) is 0 Å². The van der Waals surface area contributed by atoms with Crippen molar-refractivity contribution in [3.05, 3.63) is 58.9 Å². The number of benzene rings is 2. The highest BCUT2D eigenvalue weighted by atomic mass is 35.5. The van der Waals surface area contributed by atoms with Crippen molar-refractivity contribution in [3.63, 3.8) is 0 Å². The van der Waals surface area contributed by atoms with Crippen LogP contribution >= 0.6 is 11.6 Å². The number of halogens is 5. The molecule has 0 aliphatic carbocycles. The average Bonchev–Trinajstić information content (AvgIpc) is 2.50. The number of hydrogen-bond acceptors (Lipinski definition) is 2. The summed E-state index contributed by atoms with van der Waals surface area (Å²) in [5.74, 6) is -1.11. The highest BCUT2D eigenvalue weighted by molar-refractivity contribution is 6.30. The van der Waals surface area contributed by atoms with Gasteiger partial charge in [0.15, 0.2) is 0 Å². The van der Waals surface area contributed by atoms with E-state index in [2.05, 4.69) is 10.6 Å². The molecule has 0 saturated carbocycles. The number of amides is 1. The molecule has 0 unspecified atom stereocenters. The molecule has 0 saturated heterocycles. The number of carbonyl (C=O) groups is 1. The molecule has 0 bridgehead atoms. The first-order valence-electron chi connectivity index (χ1n) is 6.92. The van der Waals surface area contributed by atoms with Crippen molar-refractivity contribution >= 4 is 28.9 Å². The van der Waals surface area contributed by atoms with Gasteiger partial charge in [-0.1, -0.05) is 23.7 Å². The van der Waals surface area contributed by atoms with Crippen molar-refractivity contribution in [2.75, 3.05) is 17.2 Å². The molecule has 0 aliphatic heterocycles. The summed E-state index contributed by atoms with van der Waals surface area (Å²) in [5.41, 5.74) is -1.18.